The molecule has 3 aromatic rings. The van der Waals surface area contributed by atoms with Crippen molar-refractivity contribution in [1.29, 1.82) is 0 Å². The summed E-state index contributed by atoms with van der Waals surface area (Å²) in [5.41, 5.74) is 3.37. The smallest absolute Gasteiger partial charge is 0.270 e. The second kappa shape index (κ2) is 7.70. The van der Waals surface area contributed by atoms with Crippen LogP contribution in [0.25, 0.3) is 16.6 Å². The third-order valence-corrected chi connectivity index (χ3v) is 7.09. The van der Waals surface area contributed by atoms with Gasteiger partial charge in [0.2, 0.25) is 10.0 Å². The van der Waals surface area contributed by atoms with Crippen molar-refractivity contribution < 1.29 is 13.2 Å². The molecule has 30 heavy (non-hydrogen) atoms. The lowest BCUT2D eigenvalue weighted by atomic mass is 10.0. The minimum atomic E-state index is -3.43. The van der Waals surface area contributed by atoms with Gasteiger partial charge in [0.25, 0.3) is 5.91 Å². The molecule has 0 aliphatic heterocycles. The van der Waals surface area contributed by atoms with E-state index in [0.717, 1.165) is 28.6 Å². The Hall–Kier alpha value is -2.39. The number of fused-ring (bicyclic) bond motifs is 1. The SMILES string of the molecule is CCN(c1cc2nn(-c3ccc(Br)cc3)c(C(=O)NC)c2cc1C1CC1)S(C)(=O)=O. The number of hydrogen-bond acceptors (Lipinski definition) is 4. The first kappa shape index (κ1) is 20.9. The summed E-state index contributed by atoms with van der Waals surface area (Å²) in [5, 5.41) is 8.10. The Morgan fingerprint density at radius 2 is 1.93 bits per heavy atom. The molecule has 7 nitrogen and oxygen atoms in total. The van der Waals surface area contributed by atoms with Crippen molar-refractivity contribution in [1.82, 2.24) is 15.1 Å². The van der Waals surface area contributed by atoms with Crippen LogP contribution in [0.3, 0.4) is 0 Å². The van der Waals surface area contributed by atoms with E-state index >= 15 is 0 Å². The van der Waals surface area contributed by atoms with Gasteiger partial charge >= 0.3 is 0 Å². The molecule has 0 radical (unpaired) electrons. The number of anilines is 1. The maximum Gasteiger partial charge on any atom is 0.270 e. The molecule has 1 heterocycles. The first-order valence-corrected chi connectivity index (χ1v) is 12.4. The summed E-state index contributed by atoms with van der Waals surface area (Å²) < 4.78 is 28.8. The van der Waals surface area contributed by atoms with Crippen molar-refractivity contribution in [3.05, 3.63) is 52.1 Å². The average Bonchev–Trinajstić information content (AvgIpc) is 3.47. The zero-order chi connectivity index (χ0) is 21.6. The minimum Gasteiger partial charge on any atom is -0.354 e. The van der Waals surface area contributed by atoms with Gasteiger partial charge in [0, 0.05) is 23.5 Å². The third kappa shape index (κ3) is 3.72. The van der Waals surface area contributed by atoms with Gasteiger partial charge < -0.3 is 5.32 Å². The monoisotopic (exact) mass is 490 g/mol. The van der Waals surface area contributed by atoms with Gasteiger partial charge in [-0.2, -0.15) is 5.10 Å². The summed E-state index contributed by atoms with van der Waals surface area (Å²) >= 11 is 3.43. The largest absolute Gasteiger partial charge is 0.354 e. The zero-order valence-electron chi connectivity index (χ0n) is 17.0. The Morgan fingerprint density at radius 3 is 2.47 bits per heavy atom. The molecule has 0 spiro atoms. The van der Waals surface area contributed by atoms with Crippen LogP contribution >= 0.6 is 15.9 Å². The van der Waals surface area contributed by atoms with E-state index in [0.29, 0.717) is 34.7 Å². The molecule has 1 aliphatic rings. The Morgan fingerprint density at radius 1 is 1.27 bits per heavy atom. The molecule has 1 fully saturated rings. The van der Waals surface area contributed by atoms with E-state index in [2.05, 4.69) is 26.3 Å². The summed E-state index contributed by atoms with van der Waals surface area (Å²) in [7, 11) is -1.84. The Labute approximate surface area is 184 Å². The Bertz CT molecular complexity index is 1230. The Balaban J connectivity index is 2.01. The number of nitrogens with zero attached hydrogens (tertiary/aromatic N) is 3. The normalized spacial score (nSPS) is 14.1. The maximum atomic E-state index is 12.8. The summed E-state index contributed by atoms with van der Waals surface area (Å²) in [6.07, 6.45) is 3.24. The second-order valence-electron chi connectivity index (χ2n) is 7.45. The van der Waals surface area contributed by atoms with Crippen LogP contribution < -0.4 is 9.62 Å². The highest BCUT2D eigenvalue weighted by Gasteiger charge is 2.32. The van der Waals surface area contributed by atoms with Gasteiger partial charge in [-0.15, -0.1) is 0 Å². The number of sulfonamides is 1. The first-order valence-electron chi connectivity index (χ1n) is 9.77. The quantitative estimate of drug-likeness (QED) is 0.569. The van der Waals surface area contributed by atoms with Crippen LogP contribution in [-0.4, -0.2) is 44.0 Å². The van der Waals surface area contributed by atoms with Crippen LogP contribution in [0.1, 0.15) is 41.7 Å². The maximum absolute atomic E-state index is 12.8. The predicted molar refractivity (Wildman–Crippen MR) is 122 cm³/mol. The lowest BCUT2D eigenvalue weighted by Crippen LogP contribution is -2.30. The van der Waals surface area contributed by atoms with Gasteiger partial charge in [0.1, 0.15) is 5.69 Å². The van der Waals surface area contributed by atoms with E-state index < -0.39 is 10.0 Å². The van der Waals surface area contributed by atoms with Crippen molar-refractivity contribution in [2.75, 3.05) is 24.2 Å². The number of aromatic nitrogens is 2. The number of benzene rings is 2. The molecule has 0 unspecified atom stereocenters. The van der Waals surface area contributed by atoms with E-state index in [4.69, 9.17) is 0 Å². The molecule has 0 atom stereocenters. The van der Waals surface area contributed by atoms with Crippen molar-refractivity contribution in [2.24, 2.45) is 0 Å². The fourth-order valence-electron chi connectivity index (χ4n) is 3.77. The van der Waals surface area contributed by atoms with Gasteiger partial charge in [-0.3, -0.25) is 9.10 Å². The molecule has 4 rings (SSSR count). The lowest BCUT2D eigenvalue weighted by molar-refractivity contribution is 0.0957. The second-order valence-corrected chi connectivity index (χ2v) is 10.3. The summed E-state index contributed by atoms with van der Waals surface area (Å²) in [5.74, 6) is 0.0548. The Kier molecular flexibility index (Phi) is 5.36. The molecule has 9 heteroatoms. The number of carbonyl (C=O) groups excluding carboxylic acids is 1. The van der Waals surface area contributed by atoms with Gasteiger partial charge in [0.15, 0.2) is 0 Å². The van der Waals surface area contributed by atoms with Gasteiger partial charge in [-0.05, 0) is 67.6 Å². The summed E-state index contributed by atoms with van der Waals surface area (Å²) in [6, 6.07) is 11.3. The van der Waals surface area contributed by atoms with E-state index in [9.17, 15) is 13.2 Å². The molecule has 1 aliphatic carbocycles. The molecule has 2 aromatic carbocycles. The van der Waals surface area contributed by atoms with E-state index in [1.54, 1.807) is 17.8 Å². The number of hydrogen-bond donors (Lipinski definition) is 1. The molecule has 0 bridgehead atoms. The van der Waals surface area contributed by atoms with Crippen LogP contribution in [0.15, 0.2) is 40.9 Å². The van der Waals surface area contributed by atoms with Crippen molar-refractivity contribution in [2.45, 2.75) is 25.7 Å². The lowest BCUT2D eigenvalue weighted by Gasteiger charge is -2.23. The number of carbonyl (C=O) groups is 1. The van der Waals surface area contributed by atoms with Crippen LogP contribution in [0, 0.1) is 0 Å². The zero-order valence-corrected chi connectivity index (χ0v) is 19.4. The van der Waals surface area contributed by atoms with E-state index in [1.807, 2.05) is 37.3 Å². The van der Waals surface area contributed by atoms with Crippen LogP contribution in [0.5, 0.6) is 0 Å². The summed E-state index contributed by atoms with van der Waals surface area (Å²) in [4.78, 5) is 12.8. The molecule has 1 N–H and O–H groups in total. The summed E-state index contributed by atoms with van der Waals surface area (Å²) in [6.45, 7) is 2.15. The fraction of sp³-hybridized carbons (Fsp3) is 0.333. The molecule has 1 aromatic heterocycles. The van der Waals surface area contributed by atoms with Crippen molar-refractivity contribution >= 4 is 48.5 Å². The van der Waals surface area contributed by atoms with Gasteiger partial charge in [0.05, 0.1) is 23.1 Å². The van der Waals surface area contributed by atoms with Crippen LogP contribution in [0.2, 0.25) is 0 Å². The van der Waals surface area contributed by atoms with Gasteiger partial charge in [-0.1, -0.05) is 15.9 Å². The highest BCUT2D eigenvalue weighted by Crippen LogP contribution is 2.46. The van der Waals surface area contributed by atoms with E-state index in [-0.39, 0.29) is 5.91 Å². The standard InChI is InChI=1S/C21H23BrN4O3S/c1-4-25(30(3,28)29)19-12-18-17(11-16(19)13-5-6-13)20(21(27)23-2)26(24-18)15-9-7-14(22)8-10-15/h7-13H,4-6H2,1-3H3,(H,23,27). The molecule has 1 saturated carbocycles. The minimum absolute atomic E-state index is 0.245. The average molecular weight is 491 g/mol. The number of halogens is 1. The van der Waals surface area contributed by atoms with Gasteiger partial charge in [-0.25, -0.2) is 13.1 Å². The molecule has 1 amide bonds. The predicted octanol–water partition coefficient (Wildman–Crippen LogP) is 3.81. The van der Waals surface area contributed by atoms with Crippen molar-refractivity contribution in [3.8, 4) is 5.69 Å². The number of rotatable bonds is 6. The highest BCUT2D eigenvalue weighted by molar-refractivity contribution is 9.10. The van der Waals surface area contributed by atoms with Crippen LogP contribution in [-0.2, 0) is 10.0 Å². The highest BCUT2D eigenvalue weighted by atomic mass is 79.9. The fourth-order valence-corrected chi connectivity index (χ4v) is 5.01. The van der Waals surface area contributed by atoms with Crippen molar-refractivity contribution in [3.63, 3.8) is 0 Å². The molecule has 158 valence electrons. The molecular formula is C21H23BrN4O3S. The first-order chi connectivity index (χ1) is 14.2. The number of nitrogens with one attached hydrogen (secondary N) is 1. The number of amides is 1. The third-order valence-electron chi connectivity index (χ3n) is 5.31. The molecular weight excluding hydrogens is 468 g/mol. The molecule has 0 saturated heterocycles. The van der Waals surface area contributed by atoms with Crippen LogP contribution in [0.4, 0.5) is 5.69 Å². The topological polar surface area (TPSA) is 84.3 Å². The van der Waals surface area contributed by atoms with E-state index in [1.165, 1.54) is 10.6 Å².